The molecule has 1 heteroatoms. The second-order valence-electron chi connectivity index (χ2n) is 5.61. The first kappa shape index (κ1) is 11.2. The molecule has 1 fully saturated rings. The molecule has 0 saturated heterocycles. The van der Waals surface area contributed by atoms with Crippen molar-refractivity contribution in [3.63, 3.8) is 0 Å². The van der Waals surface area contributed by atoms with Crippen molar-refractivity contribution in [2.45, 2.75) is 51.4 Å². The van der Waals surface area contributed by atoms with Gasteiger partial charge in [-0.3, -0.25) is 0 Å². The average Bonchev–Trinajstić information content (AvgIpc) is 2.03. The van der Waals surface area contributed by atoms with E-state index in [2.05, 4.69) is 54.9 Å². The molecular formula is C14H19Br. The summed E-state index contributed by atoms with van der Waals surface area (Å²) in [5, 5.41) is 0. The predicted molar refractivity (Wildman–Crippen MR) is 69.4 cm³/mol. The van der Waals surface area contributed by atoms with Crippen LogP contribution >= 0.6 is 15.9 Å². The molecule has 0 bridgehead atoms. The fourth-order valence-corrected chi connectivity index (χ4v) is 2.61. The summed E-state index contributed by atoms with van der Waals surface area (Å²) >= 11 is 3.67. The first-order valence-electron chi connectivity index (χ1n) is 5.78. The van der Waals surface area contributed by atoms with Crippen LogP contribution in [-0.4, -0.2) is 0 Å². The van der Waals surface area contributed by atoms with Gasteiger partial charge < -0.3 is 0 Å². The number of hydrogen-bond acceptors (Lipinski definition) is 0. The molecule has 2 rings (SSSR count). The Kier molecular flexibility index (Phi) is 2.94. The molecule has 0 atom stereocenters. The monoisotopic (exact) mass is 266 g/mol. The largest absolute Gasteiger partial charge is 0.0574 e. The third kappa shape index (κ3) is 2.28. The van der Waals surface area contributed by atoms with Crippen LogP contribution in [0.25, 0.3) is 0 Å². The molecule has 82 valence electrons. The van der Waals surface area contributed by atoms with E-state index in [1.807, 2.05) is 0 Å². The highest BCUT2D eigenvalue weighted by Gasteiger charge is 2.23. The smallest absolute Gasteiger partial charge is 0.0210 e. The summed E-state index contributed by atoms with van der Waals surface area (Å²) in [6, 6.07) is 6.86. The molecule has 0 amide bonds. The Hall–Kier alpha value is -0.300. The lowest BCUT2D eigenvalue weighted by Crippen LogP contribution is -2.14. The minimum Gasteiger partial charge on any atom is -0.0574 e. The second kappa shape index (κ2) is 3.93. The van der Waals surface area contributed by atoms with E-state index in [1.54, 1.807) is 0 Å². The highest BCUT2D eigenvalue weighted by molar-refractivity contribution is 9.10. The van der Waals surface area contributed by atoms with Crippen LogP contribution in [0.15, 0.2) is 22.7 Å². The third-order valence-electron chi connectivity index (χ3n) is 3.41. The molecule has 0 aromatic heterocycles. The number of halogens is 1. The van der Waals surface area contributed by atoms with E-state index in [4.69, 9.17) is 0 Å². The van der Waals surface area contributed by atoms with Crippen LogP contribution in [-0.2, 0) is 5.41 Å². The molecule has 1 aromatic rings. The number of benzene rings is 1. The van der Waals surface area contributed by atoms with Crippen molar-refractivity contribution in [1.82, 2.24) is 0 Å². The summed E-state index contributed by atoms with van der Waals surface area (Å²) in [5.74, 6) is 0.807. The van der Waals surface area contributed by atoms with Crippen molar-refractivity contribution in [1.29, 1.82) is 0 Å². The van der Waals surface area contributed by atoms with Crippen LogP contribution in [0.4, 0.5) is 0 Å². The predicted octanol–water partition coefficient (Wildman–Crippen LogP) is 5.01. The van der Waals surface area contributed by atoms with Crippen LogP contribution in [0.2, 0.25) is 0 Å². The fourth-order valence-electron chi connectivity index (χ4n) is 2.04. The van der Waals surface area contributed by atoms with Gasteiger partial charge in [-0.15, -0.1) is 0 Å². The van der Waals surface area contributed by atoms with E-state index in [9.17, 15) is 0 Å². The van der Waals surface area contributed by atoms with E-state index in [0.29, 0.717) is 0 Å². The van der Waals surface area contributed by atoms with Gasteiger partial charge in [-0.05, 0) is 41.4 Å². The Bertz CT molecular complexity index is 356. The Morgan fingerprint density at radius 2 is 1.87 bits per heavy atom. The van der Waals surface area contributed by atoms with Gasteiger partial charge in [-0.25, -0.2) is 0 Å². The van der Waals surface area contributed by atoms with E-state index >= 15 is 0 Å². The van der Waals surface area contributed by atoms with Gasteiger partial charge in [0.1, 0.15) is 0 Å². The first-order valence-corrected chi connectivity index (χ1v) is 6.58. The highest BCUT2D eigenvalue weighted by Crippen LogP contribution is 2.41. The summed E-state index contributed by atoms with van der Waals surface area (Å²) in [7, 11) is 0. The highest BCUT2D eigenvalue weighted by atomic mass is 79.9. The second-order valence-corrected chi connectivity index (χ2v) is 6.47. The summed E-state index contributed by atoms with van der Waals surface area (Å²) in [6.07, 6.45) is 4.13. The Morgan fingerprint density at radius 1 is 1.20 bits per heavy atom. The van der Waals surface area contributed by atoms with E-state index < -0.39 is 0 Å². The quantitative estimate of drug-likeness (QED) is 0.670. The molecule has 0 spiro atoms. The maximum absolute atomic E-state index is 3.67. The molecule has 0 heterocycles. The zero-order chi connectivity index (χ0) is 11.1. The van der Waals surface area contributed by atoms with Crippen molar-refractivity contribution in [3.8, 4) is 0 Å². The van der Waals surface area contributed by atoms with Crippen LogP contribution in [0.3, 0.4) is 0 Å². The van der Waals surface area contributed by atoms with Crippen molar-refractivity contribution >= 4 is 15.9 Å². The maximum Gasteiger partial charge on any atom is 0.0210 e. The number of hydrogen-bond donors (Lipinski definition) is 0. The Labute approximate surface area is 101 Å². The van der Waals surface area contributed by atoms with Gasteiger partial charge in [-0.2, -0.15) is 0 Å². The molecule has 0 aliphatic heterocycles. The van der Waals surface area contributed by atoms with Crippen LogP contribution in [0.1, 0.15) is 57.1 Å². The third-order valence-corrected chi connectivity index (χ3v) is 4.13. The summed E-state index contributed by atoms with van der Waals surface area (Å²) < 4.78 is 1.29. The molecule has 1 aromatic carbocycles. The SMILES string of the molecule is CC(C)(C)c1ccc(Br)c(C2CCC2)c1. The summed E-state index contributed by atoms with van der Waals surface area (Å²) in [5.41, 5.74) is 3.24. The molecule has 1 saturated carbocycles. The van der Waals surface area contributed by atoms with E-state index in [0.717, 1.165) is 5.92 Å². The molecular weight excluding hydrogens is 248 g/mol. The summed E-state index contributed by atoms with van der Waals surface area (Å²) in [4.78, 5) is 0. The van der Waals surface area contributed by atoms with Crippen molar-refractivity contribution in [2.75, 3.05) is 0 Å². The lowest BCUT2D eigenvalue weighted by atomic mass is 9.77. The van der Waals surface area contributed by atoms with E-state index in [-0.39, 0.29) is 5.41 Å². The van der Waals surface area contributed by atoms with Crippen molar-refractivity contribution in [2.24, 2.45) is 0 Å². The lowest BCUT2D eigenvalue weighted by molar-refractivity contribution is 0.417. The van der Waals surface area contributed by atoms with Gasteiger partial charge in [-0.1, -0.05) is 55.3 Å². The lowest BCUT2D eigenvalue weighted by Gasteiger charge is -2.29. The van der Waals surface area contributed by atoms with Gasteiger partial charge in [0.25, 0.3) is 0 Å². The van der Waals surface area contributed by atoms with Crippen LogP contribution in [0, 0.1) is 0 Å². The van der Waals surface area contributed by atoms with Crippen molar-refractivity contribution < 1.29 is 0 Å². The molecule has 0 unspecified atom stereocenters. The molecule has 1 aliphatic rings. The van der Waals surface area contributed by atoms with Gasteiger partial charge in [0.05, 0.1) is 0 Å². The van der Waals surface area contributed by atoms with Gasteiger partial charge in [0, 0.05) is 4.47 Å². The van der Waals surface area contributed by atoms with Crippen LogP contribution < -0.4 is 0 Å². The zero-order valence-corrected chi connectivity index (χ0v) is 11.4. The van der Waals surface area contributed by atoms with Gasteiger partial charge >= 0.3 is 0 Å². The Balaban J connectivity index is 2.36. The minimum atomic E-state index is 0.263. The molecule has 15 heavy (non-hydrogen) atoms. The van der Waals surface area contributed by atoms with E-state index in [1.165, 1.54) is 34.9 Å². The normalized spacial score (nSPS) is 17.6. The minimum absolute atomic E-state index is 0.263. The van der Waals surface area contributed by atoms with Crippen LogP contribution in [0.5, 0.6) is 0 Å². The Morgan fingerprint density at radius 3 is 2.33 bits per heavy atom. The van der Waals surface area contributed by atoms with Crippen molar-refractivity contribution in [3.05, 3.63) is 33.8 Å². The molecule has 1 aliphatic carbocycles. The van der Waals surface area contributed by atoms with Gasteiger partial charge in [0.2, 0.25) is 0 Å². The average molecular weight is 267 g/mol. The number of rotatable bonds is 1. The molecule has 0 radical (unpaired) electrons. The van der Waals surface area contributed by atoms with Gasteiger partial charge in [0.15, 0.2) is 0 Å². The molecule has 0 nitrogen and oxygen atoms in total. The molecule has 0 N–H and O–H groups in total. The summed E-state index contributed by atoms with van der Waals surface area (Å²) in [6.45, 7) is 6.84. The standard InChI is InChI=1S/C14H19Br/c1-14(2,3)11-7-8-13(15)12(9-11)10-5-4-6-10/h7-10H,4-6H2,1-3H3. The fraction of sp³-hybridized carbons (Fsp3) is 0.571. The zero-order valence-electron chi connectivity index (χ0n) is 9.81. The topological polar surface area (TPSA) is 0 Å². The maximum atomic E-state index is 3.67. The first-order chi connectivity index (χ1) is 6.98.